The van der Waals surface area contributed by atoms with Crippen LogP contribution in [0.25, 0.3) is 0 Å². The Hall–Kier alpha value is -1.21. The van der Waals surface area contributed by atoms with Crippen molar-refractivity contribution in [3.8, 4) is 0 Å². The minimum absolute atomic E-state index is 1.05. The van der Waals surface area contributed by atoms with Crippen molar-refractivity contribution in [2.45, 2.75) is 0 Å². The van der Waals surface area contributed by atoms with Crippen LogP contribution in [-0.4, -0.2) is 0 Å². The molecule has 0 atom stereocenters. The van der Waals surface area contributed by atoms with Gasteiger partial charge in [0.15, 0.2) is 0 Å². The minimum atomic E-state index is -2.46. The molecule has 0 heterocycles. The van der Waals surface area contributed by atoms with Crippen molar-refractivity contribution in [2.24, 2.45) is 11.0 Å². The van der Waals surface area contributed by atoms with Gasteiger partial charge in [0, 0.05) is 0 Å². The summed E-state index contributed by atoms with van der Waals surface area (Å²) in [6.45, 7) is 0. The van der Waals surface area contributed by atoms with Crippen LogP contribution in [0.5, 0.6) is 0 Å². The summed E-state index contributed by atoms with van der Waals surface area (Å²) in [5.74, 6) is 0. The molecule has 0 spiro atoms. The number of hydrogen-bond donors (Lipinski definition) is 2. The van der Waals surface area contributed by atoms with Crippen molar-refractivity contribution in [1.82, 2.24) is 0 Å². The summed E-state index contributed by atoms with van der Waals surface area (Å²) in [7, 11) is -2.46. The van der Waals surface area contributed by atoms with Gasteiger partial charge in [-0.25, -0.2) is 0 Å². The van der Waals surface area contributed by atoms with Crippen molar-refractivity contribution >= 4 is 18.2 Å². The van der Waals surface area contributed by atoms with Crippen LogP contribution in [0.15, 0.2) is 60.7 Å². The van der Waals surface area contributed by atoms with Crippen molar-refractivity contribution in [2.75, 3.05) is 0 Å². The van der Waals surface area contributed by atoms with Gasteiger partial charge >= 0.3 is 89.8 Å². The molecule has 2 aromatic carbocycles. The zero-order valence-electron chi connectivity index (χ0n) is 8.43. The van der Waals surface area contributed by atoms with E-state index < -0.39 is 7.56 Å². The van der Waals surface area contributed by atoms with Crippen molar-refractivity contribution in [3.63, 3.8) is 0 Å². The van der Waals surface area contributed by atoms with Crippen LogP contribution >= 0.6 is 7.56 Å². The van der Waals surface area contributed by atoms with Gasteiger partial charge in [0.2, 0.25) is 0 Å². The molecule has 15 heavy (non-hydrogen) atoms. The average molecular weight is 218 g/mol. The molecule has 0 unspecified atom stereocenters. The van der Waals surface area contributed by atoms with Crippen LogP contribution in [0.1, 0.15) is 0 Å². The molecule has 0 saturated carbocycles. The van der Waals surface area contributed by atoms with E-state index in [1.807, 2.05) is 60.7 Å². The second-order valence-electron chi connectivity index (χ2n) is 3.60. The normalized spacial score (nSPS) is 12.4. The third kappa shape index (κ3) is 2.07. The van der Waals surface area contributed by atoms with E-state index in [9.17, 15) is 0 Å². The molecule has 0 aliphatic carbocycles. The van der Waals surface area contributed by atoms with Crippen LogP contribution in [0, 0.1) is 0 Å². The van der Waals surface area contributed by atoms with Gasteiger partial charge in [-0.15, -0.1) is 0 Å². The Morgan fingerprint density at radius 3 is 1.27 bits per heavy atom. The molecule has 2 nitrogen and oxygen atoms in total. The van der Waals surface area contributed by atoms with E-state index in [2.05, 4.69) is 0 Å². The zero-order valence-corrected chi connectivity index (χ0v) is 9.43. The zero-order chi connectivity index (χ0) is 10.7. The quantitative estimate of drug-likeness (QED) is 0.742. The Morgan fingerprint density at radius 2 is 0.933 bits per heavy atom. The van der Waals surface area contributed by atoms with Gasteiger partial charge in [0.1, 0.15) is 0 Å². The maximum atomic E-state index is 6.28. The molecule has 0 amide bonds. The van der Waals surface area contributed by atoms with Crippen molar-refractivity contribution < 1.29 is 0 Å². The number of benzene rings is 2. The Bertz CT molecular complexity index is 384. The predicted molar refractivity (Wildman–Crippen MR) is 68.8 cm³/mol. The topological polar surface area (TPSA) is 52.0 Å². The maximum absolute atomic E-state index is 6.28. The van der Waals surface area contributed by atoms with Crippen LogP contribution < -0.4 is 21.6 Å². The standard InChI is InChI=1S/C12H15N2P/c13-15(14,11-7-3-1-4-8-11)12-9-5-2-6-10-12/h1-10,15H,13-14H2. The van der Waals surface area contributed by atoms with E-state index in [0.29, 0.717) is 0 Å². The van der Waals surface area contributed by atoms with Gasteiger partial charge in [0.05, 0.1) is 0 Å². The monoisotopic (exact) mass is 218 g/mol. The summed E-state index contributed by atoms with van der Waals surface area (Å²) in [5, 5.41) is 2.10. The van der Waals surface area contributed by atoms with Crippen molar-refractivity contribution in [1.29, 1.82) is 0 Å². The Morgan fingerprint density at radius 1 is 0.600 bits per heavy atom. The summed E-state index contributed by atoms with van der Waals surface area (Å²) in [6.07, 6.45) is 0. The van der Waals surface area contributed by atoms with Crippen molar-refractivity contribution in [3.05, 3.63) is 60.7 Å². The van der Waals surface area contributed by atoms with E-state index in [4.69, 9.17) is 11.0 Å². The Labute approximate surface area is 90.4 Å². The molecule has 0 aromatic heterocycles. The summed E-state index contributed by atoms with van der Waals surface area (Å²) < 4.78 is 0. The summed E-state index contributed by atoms with van der Waals surface area (Å²) in [5.41, 5.74) is 12.6. The van der Waals surface area contributed by atoms with Gasteiger partial charge < -0.3 is 0 Å². The summed E-state index contributed by atoms with van der Waals surface area (Å²) in [4.78, 5) is 0. The summed E-state index contributed by atoms with van der Waals surface area (Å²) in [6, 6.07) is 19.8. The number of nitrogens with two attached hydrogens (primary N) is 2. The van der Waals surface area contributed by atoms with Gasteiger partial charge in [-0.3, -0.25) is 0 Å². The first-order chi connectivity index (χ1) is 7.21. The molecule has 0 radical (unpaired) electrons. The number of hydrogen-bond acceptors (Lipinski definition) is 2. The predicted octanol–water partition coefficient (Wildman–Crippen LogP) is 1.13. The molecule has 3 heteroatoms. The van der Waals surface area contributed by atoms with Crippen LogP contribution in [-0.2, 0) is 0 Å². The van der Waals surface area contributed by atoms with E-state index in [-0.39, 0.29) is 0 Å². The third-order valence-corrected chi connectivity index (χ3v) is 5.08. The van der Waals surface area contributed by atoms with E-state index in [0.717, 1.165) is 10.6 Å². The molecule has 0 bridgehead atoms. The second kappa shape index (κ2) is 4.11. The second-order valence-corrected chi connectivity index (χ2v) is 6.49. The molecule has 2 rings (SSSR count). The molecule has 0 saturated heterocycles. The van der Waals surface area contributed by atoms with Crippen LogP contribution in [0.3, 0.4) is 0 Å². The molecular weight excluding hydrogens is 203 g/mol. The molecular formula is C12H15N2P. The first-order valence-electron chi connectivity index (χ1n) is 4.90. The first kappa shape index (κ1) is 10.3. The van der Waals surface area contributed by atoms with Gasteiger partial charge in [0.25, 0.3) is 0 Å². The molecule has 2 aromatic rings. The Balaban J connectivity index is 2.44. The van der Waals surface area contributed by atoms with Crippen LogP contribution in [0.4, 0.5) is 0 Å². The summed E-state index contributed by atoms with van der Waals surface area (Å²) >= 11 is 0. The fourth-order valence-corrected chi connectivity index (χ4v) is 3.42. The molecule has 0 aliphatic heterocycles. The van der Waals surface area contributed by atoms with Gasteiger partial charge in [-0.05, 0) is 0 Å². The molecule has 78 valence electrons. The third-order valence-electron chi connectivity index (χ3n) is 2.50. The SMILES string of the molecule is N[PH](N)(c1ccccc1)c1ccccc1. The Kier molecular flexibility index (Phi) is 2.83. The van der Waals surface area contributed by atoms with E-state index in [1.165, 1.54) is 0 Å². The van der Waals surface area contributed by atoms with E-state index in [1.54, 1.807) is 0 Å². The molecule has 4 N–H and O–H groups in total. The fourth-order valence-electron chi connectivity index (χ4n) is 1.59. The molecule has 0 fully saturated rings. The van der Waals surface area contributed by atoms with Gasteiger partial charge in [-0.1, -0.05) is 0 Å². The first-order valence-corrected chi connectivity index (χ1v) is 7.05. The fraction of sp³-hybridized carbons (Fsp3) is 0. The van der Waals surface area contributed by atoms with E-state index >= 15 is 0 Å². The van der Waals surface area contributed by atoms with Crippen LogP contribution in [0.2, 0.25) is 0 Å². The number of rotatable bonds is 2. The molecule has 0 aliphatic rings. The van der Waals surface area contributed by atoms with Gasteiger partial charge in [-0.2, -0.15) is 0 Å². The average Bonchev–Trinajstić information content (AvgIpc) is 2.31.